The van der Waals surface area contributed by atoms with E-state index in [9.17, 15) is 4.79 Å². The van der Waals surface area contributed by atoms with Crippen molar-refractivity contribution in [1.82, 2.24) is 0 Å². The third kappa shape index (κ3) is 5.18. The highest BCUT2D eigenvalue weighted by Gasteiger charge is 2.16. The first-order chi connectivity index (χ1) is 10.3. The standard InChI is InChI=1S/C20H24O/c1-2-3-14-20(21)16-19(18-12-8-5-9-13-18)15-17-10-6-4-7-11-17/h4-13,19H,2-3,14-16H2,1H3/t19-/m0/s1. The number of benzene rings is 2. The van der Waals surface area contributed by atoms with Crippen molar-refractivity contribution in [1.29, 1.82) is 0 Å². The fraction of sp³-hybridized carbons (Fsp3) is 0.350. The Balaban J connectivity index is 2.09. The number of ketones is 1. The van der Waals surface area contributed by atoms with Crippen LogP contribution in [0.3, 0.4) is 0 Å². The fourth-order valence-corrected chi connectivity index (χ4v) is 2.68. The average molecular weight is 280 g/mol. The molecule has 110 valence electrons. The van der Waals surface area contributed by atoms with Crippen molar-refractivity contribution in [2.45, 2.75) is 44.9 Å². The molecule has 0 saturated heterocycles. The van der Waals surface area contributed by atoms with Gasteiger partial charge in [-0.05, 0) is 29.9 Å². The highest BCUT2D eigenvalue weighted by atomic mass is 16.1. The van der Waals surface area contributed by atoms with E-state index >= 15 is 0 Å². The minimum Gasteiger partial charge on any atom is -0.300 e. The summed E-state index contributed by atoms with van der Waals surface area (Å²) < 4.78 is 0. The third-order valence-corrected chi connectivity index (χ3v) is 3.88. The van der Waals surface area contributed by atoms with Gasteiger partial charge >= 0.3 is 0 Å². The van der Waals surface area contributed by atoms with Crippen LogP contribution >= 0.6 is 0 Å². The van der Waals surface area contributed by atoms with Crippen molar-refractivity contribution in [2.75, 3.05) is 0 Å². The Kier molecular flexibility index (Phi) is 6.21. The van der Waals surface area contributed by atoms with Crippen LogP contribution in [0.5, 0.6) is 0 Å². The van der Waals surface area contributed by atoms with E-state index in [-0.39, 0.29) is 5.92 Å². The van der Waals surface area contributed by atoms with Crippen LogP contribution in [0, 0.1) is 0 Å². The van der Waals surface area contributed by atoms with Crippen molar-refractivity contribution < 1.29 is 4.79 Å². The molecule has 2 aromatic rings. The maximum absolute atomic E-state index is 12.2. The molecule has 21 heavy (non-hydrogen) atoms. The lowest BCUT2D eigenvalue weighted by atomic mass is 9.87. The first-order valence-corrected chi connectivity index (χ1v) is 7.90. The predicted molar refractivity (Wildman–Crippen MR) is 88.5 cm³/mol. The molecule has 0 bridgehead atoms. The lowest BCUT2D eigenvalue weighted by Crippen LogP contribution is -2.10. The highest BCUT2D eigenvalue weighted by Crippen LogP contribution is 2.25. The third-order valence-electron chi connectivity index (χ3n) is 3.88. The van der Waals surface area contributed by atoms with Gasteiger partial charge in [-0.25, -0.2) is 0 Å². The molecule has 0 spiro atoms. The molecule has 2 aromatic carbocycles. The zero-order chi connectivity index (χ0) is 14.9. The predicted octanol–water partition coefficient (Wildman–Crippen LogP) is 5.16. The number of Topliss-reactive ketones (excluding diaryl/α,β-unsaturated/α-hetero) is 1. The van der Waals surface area contributed by atoms with E-state index in [1.807, 2.05) is 12.1 Å². The van der Waals surface area contributed by atoms with E-state index in [4.69, 9.17) is 0 Å². The summed E-state index contributed by atoms with van der Waals surface area (Å²) in [6.07, 6.45) is 4.39. The normalized spacial score (nSPS) is 12.0. The van der Waals surface area contributed by atoms with Gasteiger partial charge in [0.2, 0.25) is 0 Å². The molecule has 1 atom stereocenters. The van der Waals surface area contributed by atoms with Gasteiger partial charge in [0.05, 0.1) is 0 Å². The van der Waals surface area contributed by atoms with Crippen LogP contribution in [0.25, 0.3) is 0 Å². The molecule has 0 aliphatic heterocycles. The van der Waals surface area contributed by atoms with Crippen molar-refractivity contribution in [3.63, 3.8) is 0 Å². The van der Waals surface area contributed by atoms with Crippen LogP contribution in [0.2, 0.25) is 0 Å². The summed E-state index contributed by atoms with van der Waals surface area (Å²) in [5.41, 5.74) is 2.57. The number of hydrogen-bond donors (Lipinski definition) is 0. The summed E-state index contributed by atoms with van der Waals surface area (Å²) in [6.45, 7) is 2.13. The zero-order valence-electron chi connectivity index (χ0n) is 12.8. The maximum atomic E-state index is 12.2. The lowest BCUT2D eigenvalue weighted by Gasteiger charge is -2.17. The van der Waals surface area contributed by atoms with Crippen molar-refractivity contribution in [3.8, 4) is 0 Å². The zero-order valence-corrected chi connectivity index (χ0v) is 12.8. The van der Waals surface area contributed by atoms with Crippen LogP contribution in [-0.4, -0.2) is 5.78 Å². The van der Waals surface area contributed by atoms with Gasteiger partial charge < -0.3 is 0 Å². The van der Waals surface area contributed by atoms with E-state index in [2.05, 4.69) is 55.5 Å². The molecule has 0 aromatic heterocycles. The minimum absolute atomic E-state index is 0.290. The van der Waals surface area contributed by atoms with Crippen LogP contribution in [0.1, 0.15) is 49.7 Å². The molecule has 0 aliphatic carbocycles. The number of rotatable bonds is 8. The van der Waals surface area contributed by atoms with Gasteiger partial charge in [0.15, 0.2) is 0 Å². The molecular formula is C20H24O. The lowest BCUT2D eigenvalue weighted by molar-refractivity contribution is -0.119. The fourth-order valence-electron chi connectivity index (χ4n) is 2.68. The molecule has 0 aliphatic rings. The molecule has 1 heteroatoms. The largest absolute Gasteiger partial charge is 0.300 e. The number of carbonyl (C=O) groups excluding carboxylic acids is 1. The summed E-state index contributed by atoms with van der Waals surface area (Å²) in [5.74, 6) is 0.680. The Labute approximate surface area is 128 Å². The monoisotopic (exact) mass is 280 g/mol. The summed E-state index contributed by atoms with van der Waals surface area (Å²) in [5, 5.41) is 0. The van der Waals surface area contributed by atoms with Gasteiger partial charge in [-0.3, -0.25) is 4.79 Å². The minimum atomic E-state index is 0.290. The molecular weight excluding hydrogens is 256 g/mol. The van der Waals surface area contributed by atoms with Crippen molar-refractivity contribution >= 4 is 5.78 Å². The Morgan fingerprint density at radius 1 is 0.952 bits per heavy atom. The van der Waals surface area contributed by atoms with Gasteiger partial charge in [0.1, 0.15) is 5.78 Å². The Morgan fingerprint density at radius 3 is 2.19 bits per heavy atom. The number of carbonyl (C=O) groups is 1. The topological polar surface area (TPSA) is 17.1 Å². The van der Waals surface area contributed by atoms with E-state index in [0.717, 1.165) is 19.3 Å². The molecule has 0 unspecified atom stereocenters. The highest BCUT2D eigenvalue weighted by molar-refractivity contribution is 5.79. The number of unbranched alkanes of at least 4 members (excludes halogenated alkanes) is 1. The molecule has 0 fully saturated rings. The average Bonchev–Trinajstić information content (AvgIpc) is 2.54. The second kappa shape index (κ2) is 8.41. The molecule has 0 saturated carbocycles. The van der Waals surface area contributed by atoms with Crippen LogP contribution < -0.4 is 0 Å². The Morgan fingerprint density at radius 2 is 1.57 bits per heavy atom. The van der Waals surface area contributed by atoms with E-state index < -0.39 is 0 Å². The summed E-state index contributed by atoms with van der Waals surface area (Å²) in [4.78, 5) is 12.2. The van der Waals surface area contributed by atoms with Crippen LogP contribution in [-0.2, 0) is 11.2 Å². The van der Waals surface area contributed by atoms with Gasteiger partial charge in [-0.2, -0.15) is 0 Å². The molecule has 2 rings (SSSR count). The molecule has 0 amide bonds. The van der Waals surface area contributed by atoms with Gasteiger partial charge in [-0.1, -0.05) is 74.0 Å². The van der Waals surface area contributed by atoms with Crippen LogP contribution in [0.15, 0.2) is 60.7 Å². The van der Waals surface area contributed by atoms with E-state index in [1.165, 1.54) is 11.1 Å². The first-order valence-electron chi connectivity index (χ1n) is 7.90. The van der Waals surface area contributed by atoms with Crippen LogP contribution in [0.4, 0.5) is 0 Å². The van der Waals surface area contributed by atoms with Gasteiger partial charge in [-0.15, -0.1) is 0 Å². The Bertz CT molecular complexity index is 530. The smallest absolute Gasteiger partial charge is 0.133 e. The van der Waals surface area contributed by atoms with Gasteiger partial charge in [0, 0.05) is 12.8 Å². The summed E-state index contributed by atoms with van der Waals surface area (Å²) >= 11 is 0. The SMILES string of the molecule is CCCCC(=O)C[C@H](Cc1ccccc1)c1ccccc1. The van der Waals surface area contributed by atoms with E-state index in [0.29, 0.717) is 18.6 Å². The second-order valence-corrected chi connectivity index (χ2v) is 5.64. The number of hydrogen-bond acceptors (Lipinski definition) is 1. The van der Waals surface area contributed by atoms with Crippen molar-refractivity contribution in [3.05, 3.63) is 71.8 Å². The molecule has 0 N–H and O–H groups in total. The maximum Gasteiger partial charge on any atom is 0.133 e. The summed E-state index contributed by atoms with van der Waals surface area (Å²) in [6, 6.07) is 20.9. The second-order valence-electron chi connectivity index (χ2n) is 5.64. The van der Waals surface area contributed by atoms with Gasteiger partial charge in [0.25, 0.3) is 0 Å². The van der Waals surface area contributed by atoms with Crippen molar-refractivity contribution in [2.24, 2.45) is 0 Å². The molecule has 0 heterocycles. The quantitative estimate of drug-likeness (QED) is 0.652. The molecule has 0 radical (unpaired) electrons. The Hall–Kier alpha value is -1.89. The summed E-state index contributed by atoms with van der Waals surface area (Å²) in [7, 11) is 0. The molecule has 1 nitrogen and oxygen atoms in total. The first kappa shape index (κ1) is 15.5. The van der Waals surface area contributed by atoms with E-state index in [1.54, 1.807) is 0 Å².